The molecule has 23 heavy (non-hydrogen) atoms. The summed E-state index contributed by atoms with van der Waals surface area (Å²) < 4.78 is 74.8. The van der Waals surface area contributed by atoms with Gasteiger partial charge in [-0.3, -0.25) is 0 Å². The molecular formula is C15H12ClF6N. The molecule has 2 rings (SSSR count). The van der Waals surface area contributed by atoms with E-state index in [1.165, 1.54) is 24.3 Å². The van der Waals surface area contributed by atoms with Gasteiger partial charge in [-0.05, 0) is 35.4 Å². The molecule has 0 bridgehead atoms. The summed E-state index contributed by atoms with van der Waals surface area (Å²) in [5.74, 6) is 0. The van der Waals surface area contributed by atoms with Gasteiger partial charge in [-0.25, -0.2) is 0 Å². The van der Waals surface area contributed by atoms with Gasteiger partial charge in [0.1, 0.15) is 0 Å². The van der Waals surface area contributed by atoms with E-state index in [1.807, 2.05) is 0 Å². The highest BCUT2D eigenvalue weighted by Crippen LogP contribution is 2.32. The molecule has 0 saturated carbocycles. The molecule has 0 heterocycles. The predicted molar refractivity (Wildman–Crippen MR) is 76.2 cm³/mol. The second kappa shape index (κ2) is 6.80. The first kappa shape index (κ1) is 19.3. The second-order valence-electron chi connectivity index (χ2n) is 4.72. The van der Waals surface area contributed by atoms with Crippen molar-refractivity contribution in [2.24, 2.45) is 5.73 Å². The van der Waals surface area contributed by atoms with Crippen LogP contribution in [0.4, 0.5) is 26.3 Å². The molecule has 1 nitrogen and oxygen atoms in total. The van der Waals surface area contributed by atoms with Crippen LogP contribution in [-0.2, 0) is 12.4 Å². The van der Waals surface area contributed by atoms with E-state index in [0.29, 0.717) is 11.1 Å². The van der Waals surface area contributed by atoms with E-state index in [0.717, 1.165) is 24.3 Å². The third-order valence-electron chi connectivity index (χ3n) is 3.19. The SMILES string of the molecule is Cl.NC(c1ccc(C(F)(F)F)cc1)c1ccc(C(F)(F)F)cc1. The van der Waals surface area contributed by atoms with Crippen LogP contribution in [-0.4, -0.2) is 0 Å². The minimum Gasteiger partial charge on any atom is -0.320 e. The van der Waals surface area contributed by atoms with Gasteiger partial charge in [-0.15, -0.1) is 12.4 Å². The number of nitrogens with two attached hydrogens (primary N) is 1. The molecule has 2 N–H and O–H groups in total. The number of benzene rings is 2. The van der Waals surface area contributed by atoms with Gasteiger partial charge in [0, 0.05) is 0 Å². The van der Waals surface area contributed by atoms with Crippen molar-refractivity contribution in [3.05, 3.63) is 70.8 Å². The summed E-state index contributed by atoms with van der Waals surface area (Å²) in [6.45, 7) is 0. The molecule has 2 aromatic rings. The monoisotopic (exact) mass is 355 g/mol. The molecule has 0 saturated heterocycles. The van der Waals surface area contributed by atoms with E-state index in [4.69, 9.17) is 5.73 Å². The highest BCUT2D eigenvalue weighted by atomic mass is 35.5. The molecule has 0 unspecified atom stereocenters. The van der Waals surface area contributed by atoms with Crippen LogP contribution in [0.1, 0.15) is 28.3 Å². The summed E-state index contributed by atoms with van der Waals surface area (Å²) >= 11 is 0. The van der Waals surface area contributed by atoms with Crippen LogP contribution in [0, 0.1) is 0 Å². The topological polar surface area (TPSA) is 26.0 Å². The van der Waals surface area contributed by atoms with Gasteiger partial charge in [0.05, 0.1) is 17.2 Å². The van der Waals surface area contributed by atoms with Crippen LogP contribution < -0.4 is 5.73 Å². The number of alkyl halides is 6. The number of hydrogen-bond acceptors (Lipinski definition) is 1. The third-order valence-corrected chi connectivity index (χ3v) is 3.19. The van der Waals surface area contributed by atoms with Crippen LogP contribution in [0.3, 0.4) is 0 Å². The standard InChI is InChI=1S/C15H11F6N.ClH/c16-14(17,18)11-5-1-9(2-6-11)13(22)10-3-7-12(8-4-10)15(19,20)21;/h1-8,13H,22H2;1H. The van der Waals surface area contributed by atoms with E-state index in [2.05, 4.69) is 0 Å². The van der Waals surface area contributed by atoms with Gasteiger partial charge in [0.25, 0.3) is 0 Å². The first-order chi connectivity index (χ1) is 10.1. The van der Waals surface area contributed by atoms with Crippen molar-refractivity contribution < 1.29 is 26.3 Å². The Hall–Kier alpha value is -1.73. The Bertz CT molecular complexity index is 574. The summed E-state index contributed by atoms with van der Waals surface area (Å²) in [6.07, 6.45) is -8.89. The van der Waals surface area contributed by atoms with Crippen molar-refractivity contribution >= 4 is 12.4 Å². The summed E-state index contributed by atoms with van der Waals surface area (Å²) in [6, 6.07) is 7.61. The summed E-state index contributed by atoms with van der Waals surface area (Å²) in [4.78, 5) is 0. The Morgan fingerprint density at radius 3 is 1.09 bits per heavy atom. The minimum absolute atomic E-state index is 0. The molecule has 0 fully saturated rings. The zero-order valence-electron chi connectivity index (χ0n) is 11.4. The Labute approximate surface area is 134 Å². The maximum Gasteiger partial charge on any atom is 0.416 e. The van der Waals surface area contributed by atoms with Gasteiger partial charge in [0.2, 0.25) is 0 Å². The van der Waals surface area contributed by atoms with Crippen LogP contribution in [0.25, 0.3) is 0 Å². The lowest BCUT2D eigenvalue weighted by atomic mass is 9.97. The number of rotatable bonds is 2. The molecule has 0 amide bonds. The van der Waals surface area contributed by atoms with Crippen LogP contribution in [0.15, 0.2) is 48.5 Å². The van der Waals surface area contributed by atoms with E-state index < -0.39 is 29.5 Å². The van der Waals surface area contributed by atoms with Gasteiger partial charge >= 0.3 is 12.4 Å². The van der Waals surface area contributed by atoms with E-state index in [9.17, 15) is 26.3 Å². The summed E-state index contributed by atoms with van der Waals surface area (Å²) in [7, 11) is 0. The lowest BCUT2D eigenvalue weighted by Crippen LogP contribution is -2.13. The lowest BCUT2D eigenvalue weighted by molar-refractivity contribution is -0.138. The molecule has 0 aromatic heterocycles. The molecule has 8 heteroatoms. The molecule has 126 valence electrons. The third kappa shape index (κ3) is 4.62. The molecule has 0 aliphatic heterocycles. The van der Waals surface area contributed by atoms with E-state index in [-0.39, 0.29) is 12.4 Å². The fraction of sp³-hybridized carbons (Fsp3) is 0.200. The van der Waals surface area contributed by atoms with Crippen molar-refractivity contribution in [3.63, 3.8) is 0 Å². The Morgan fingerprint density at radius 1 is 0.609 bits per heavy atom. The van der Waals surface area contributed by atoms with E-state index >= 15 is 0 Å². The Balaban J connectivity index is 0.00000264. The quantitative estimate of drug-likeness (QED) is 0.737. The van der Waals surface area contributed by atoms with Crippen molar-refractivity contribution in [1.29, 1.82) is 0 Å². The normalized spacial score (nSPS) is 12.2. The molecular weight excluding hydrogens is 344 g/mol. The number of halogens is 7. The van der Waals surface area contributed by atoms with Gasteiger partial charge in [-0.2, -0.15) is 26.3 Å². The Kier molecular flexibility index (Phi) is 5.71. The minimum atomic E-state index is -4.45. The van der Waals surface area contributed by atoms with Gasteiger partial charge in [0.15, 0.2) is 0 Å². The summed E-state index contributed by atoms with van der Waals surface area (Å²) in [5.41, 5.74) is 5.02. The molecule has 0 aliphatic rings. The highest BCUT2D eigenvalue weighted by molar-refractivity contribution is 5.85. The summed E-state index contributed by atoms with van der Waals surface area (Å²) in [5, 5.41) is 0. The average molecular weight is 356 g/mol. The van der Waals surface area contributed by atoms with Crippen molar-refractivity contribution in [2.45, 2.75) is 18.4 Å². The van der Waals surface area contributed by atoms with Crippen molar-refractivity contribution in [2.75, 3.05) is 0 Å². The van der Waals surface area contributed by atoms with Crippen LogP contribution >= 0.6 is 12.4 Å². The molecule has 0 aliphatic carbocycles. The van der Waals surface area contributed by atoms with Crippen molar-refractivity contribution in [1.82, 2.24) is 0 Å². The molecule has 0 spiro atoms. The zero-order valence-corrected chi connectivity index (χ0v) is 12.3. The van der Waals surface area contributed by atoms with Gasteiger partial charge < -0.3 is 5.73 Å². The van der Waals surface area contributed by atoms with Crippen molar-refractivity contribution in [3.8, 4) is 0 Å². The second-order valence-corrected chi connectivity index (χ2v) is 4.72. The zero-order chi connectivity index (χ0) is 16.5. The number of hydrogen-bond donors (Lipinski definition) is 1. The van der Waals surface area contributed by atoms with Gasteiger partial charge in [-0.1, -0.05) is 24.3 Å². The molecule has 0 radical (unpaired) electrons. The first-order valence-electron chi connectivity index (χ1n) is 6.19. The fourth-order valence-corrected chi connectivity index (χ4v) is 1.95. The van der Waals surface area contributed by atoms with E-state index in [1.54, 1.807) is 0 Å². The molecule has 2 aromatic carbocycles. The van der Waals surface area contributed by atoms with Crippen LogP contribution in [0.5, 0.6) is 0 Å². The smallest absolute Gasteiger partial charge is 0.320 e. The maximum absolute atomic E-state index is 12.5. The average Bonchev–Trinajstić information content (AvgIpc) is 2.45. The van der Waals surface area contributed by atoms with Crippen LogP contribution in [0.2, 0.25) is 0 Å². The Morgan fingerprint density at radius 2 is 0.870 bits per heavy atom. The fourth-order valence-electron chi connectivity index (χ4n) is 1.95. The first-order valence-corrected chi connectivity index (χ1v) is 6.19. The predicted octanol–water partition coefficient (Wildman–Crippen LogP) is 5.19. The lowest BCUT2D eigenvalue weighted by Gasteiger charge is -2.15. The molecule has 0 atom stereocenters. The highest BCUT2D eigenvalue weighted by Gasteiger charge is 2.31. The maximum atomic E-state index is 12.5. The largest absolute Gasteiger partial charge is 0.416 e.